The number of amides is 1. The first-order valence-corrected chi connectivity index (χ1v) is 6.62. The van der Waals surface area contributed by atoms with Gasteiger partial charge in [-0.25, -0.2) is 0 Å². The van der Waals surface area contributed by atoms with E-state index in [0.717, 1.165) is 17.1 Å². The van der Waals surface area contributed by atoms with Gasteiger partial charge in [0.1, 0.15) is 18.1 Å². The molecule has 4 nitrogen and oxygen atoms in total. The van der Waals surface area contributed by atoms with Crippen molar-refractivity contribution in [2.45, 2.75) is 26.5 Å². The van der Waals surface area contributed by atoms with Gasteiger partial charge in [-0.15, -0.1) is 0 Å². The second-order valence-electron chi connectivity index (χ2n) is 4.72. The fourth-order valence-electron chi connectivity index (χ4n) is 1.88. The van der Waals surface area contributed by atoms with Gasteiger partial charge in [-0.3, -0.25) is 4.79 Å². The molecule has 106 valence electrons. The zero-order valence-electron chi connectivity index (χ0n) is 11.8. The van der Waals surface area contributed by atoms with Gasteiger partial charge in [0, 0.05) is 0 Å². The van der Waals surface area contributed by atoms with Gasteiger partial charge in [0.15, 0.2) is 0 Å². The quantitative estimate of drug-likeness (QED) is 0.880. The van der Waals surface area contributed by atoms with Crippen LogP contribution in [0.1, 0.15) is 30.0 Å². The van der Waals surface area contributed by atoms with E-state index < -0.39 is 0 Å². The van der Waals surface area contributed by atoms with Crippen molar-refractivity contribution >= 4 is 5.91 Å². The standard InChI is InChI=1S/C16H19NO3/c1-12-8-9-15(20-12)13(2)17-16(18)11-19-10-14-6-4-3-5-7-14/h3-9,13H,10-11H2,1-2H3,(H,17,18). The van der Waals surface area contributed by atoms with E-state index >= 15 is 0 Å². The molecule has 1 atom stereocenters. The monoisotopic (exact) mass is 273 g/mol. The SMILES string of the molecule is Cc1ccc(C(C)NC(=O)COCc2ccccc2)o1. The number of nitrogens with one attached hydrogen (secondary N) is 1. The summed E-state index contributed by atoms with van der Waals surface area (Å²) < 4.78 is 10.8. The summed E-state index contributed by atoms with van der Waals surface area (Å²) in [7, 11) is 0. The van der Waals surface area contributed by atoms with Crippen LogP contribution in [0.25, 0.3) is 0 Å². The van der Waals surface area contributed by atoms with E-state index in [-0.39, 0.29) is 18.6 Å². The second-order valence-corrected chi connectivity index (χ2v) is 4.72. The average Bonchev–Trinajstić information content (AvgIpc) is 2.87. The summed E-state index contributed by atoms with van der Waals surface area (Å²) >= 11 is 0. The van der Waals surface area contributed by atoms with Gasteiger partial charge in [-0.1, -0.05) is 30.3 Å². The first kappa shape index (κ1) is 14.3. The summed E-state index contributed by atoms with van der Waals surface area (Å²) in [5.41, 5.74) is 1.05. The number of benzene rings is 1. The average molecular weight is 273 g/mol. The van der Waals surface area contributed by atoms with Crippen molar-refractivity contribution in [1.29, 1.82) is 0 Å². The van der Waals surface area contributed by atoms with Crippen LogP contribution in [-0.2, 0) is 16.1 Å². The molecule has 2 aromatic rings. The molecular formula is C16H19NO3. The maximum Gasteiger partial charge on any atom is 0.246 e. The summed E-state index contributed by atoms with van der Waals surface area (Å²) in [5.74, 6) is 1.43. The highest BCUT2D eigenvalue weighted by molar-refractivity contribution is 5.77. The van der Waals surface area contributed by atoms with Crippen molar-refractivity contribution in [3.05, 3.63) is 59.5 Å². The van der Waals surface area contributed by atoms with Gasteiger partial charge in [0.25, 0.3) is 0 Å². The van der Waals surface area contributed by atoms with E-state index in [0.29, 0.717) is 6.61 Å². The van der Waals surface area contributed by atoms with Crippen LogP contribution in [0.2, 0.25) is 0 Å². The third-order valence-corrected chi connectivity index (χ3v) is 2.91. The van der Waals surface area contributed by atoms with Crippen molar-refractivity contribution in [3.8, 4) is 0 Å². The van der Waals surface area contributed by atoms with Gasteiger partial charge >= 0.3 is 0 Å². The maximum absolute atomic E-state index is 11.7. The Bertz CT molecular complexity index is 548. The number of carbonyl (C=O) groups is 1. The fraction of sp³-hybridized carbons (Fsp3) is 0.312. The van der Waals surface area contributed by atoms with Crippen LogP contribution in [0, 0.1) is 6.92 Å². The zero-order valence-corrected chi connectivity index (χ0v) is 11.8. The third-order valence-electron chi connectivity index (χ3n) is 2.91. The van der Waals surface area contributed by atoms with E-state index in [2.05, 4.69) is 5.32 Å². The van der Waals surface area contributed by atoms with Gasteiger partial charge < -0.3 is 14.5 Å². The topological polar surface area (TPSA) is 51.5 Å². The molecule has 1 heterocycles. The maximum atomic E-state index is 11.7. The number of carbonyl (C=O) groups excluding carboxylic acids is 1. The minimum atomic E-state index is -0.156. The van der Waals surface area contributed by atoms with Gasteiger partial charge in [-0.05, 0) is 31.5 Å². The van der Waals surface area contributed by atoms with E-state index in [9.17, 15) is 4.79 Å². The number of ether oxygens (including phenoxy) is 1. The lowest BCUT2D eigenvalue weighted by molar-refractivity contribution is -0.126. The number of aryl methyl sites for hydroxylation is 1. The minimum absolute atomic E-state index is 0.0406. The molecular weight excluding hydrogens is 254 g/mol. The van der Waals surface area contributed by atoms with Crippen LogP contribution in [0.3, 0.4) is 0 Å². The van der Waals surface area contributed by atoms with E-state index in [4.69, 9.17) is 9.15 Å². The number of hydrogen-bond donors (Lipinski definition) is 1. The normalized spacial score (nSPS) is 12.1. The molecule has 1 aromatic carbocycles. The Balaban J connectivity index is 1.73. The lowest BCUT2D eigenvalue weighted by Crippen LogP contribution is -2.29. The Morgan fingerprint density at radius 1 is 1.25 bits per heavy atom. The summed E-state index contributed by atoms with van der Waals surface area (Å²) in [6.45, 7) is 4.23. The Labute approximate surface area is 118 Å². The van der Waals surface area contributed by atoms with Crippen molar-refractivity contribution in [2.75, 3.05) is 6.61 Å². The van der Waals surface area contributed by atoms with Crippen LogP contribution in [0.15, 0.2) is 46.9 Å². The number of furan rings is 1. The van der Waals surface area contributed by atoms with Crippen LogP contribution < -0.4 is 5.32 Å². The molecule has 0 saturated carbocycles. The minimum Gasteiger partial charge on any atom is -0.464 e. The molecule has 1 aromatic heterocycles. The lowest BCUT2D eigenvalue weighted by atomic mass is 10.2. The molecule has 0 radical (unpaired) electrons. The smallest absolute Gasteiger partial charge is 0.246 e. The van der Waals surface area contributed by atoms with Crippen molar-refractivity contribution in [1.82, 2.24) is 5.32 Å². The van der Waals surface area contributed by atoms with E-state index in [1.54, 1.807) is 0 Å². The third kappa shape index (κ3) is 4.24. The largest absolute Gasteiger partial charge is 0.464 e. The molecule has 2 rings (SSSR count). The molecule has 1 N–H and O–H groups in total. The highest BCUT2D eigenvalue weighted by atomic mass is 16.5. The zero-order chi connectivity index (χ0) is 14.4. The molecule has 0 bridgehead atoms. The van der Waals surface area contributed by atoms with E-state index in [1.165, 1.54) is 0 Å². The Morgan fingerprint density at radius 3 is 2.65 bits per heavy atom. The Morgan fingerprint density at radius 2 is 2.00 bits per heavy atom. The fourth-order valence-corrected chi connectivity index (χ4v) is 1.88. The first-order chi connectivity index (χ1) is 9.65. The van der Waals surface area contributed by atoms with Crippen LogP contribution in [-0.4, -0.2) is 12.5 Å². The molecule has 0 aliphatic rings. The van der Waals surface area contributed by atoms with Crippen LogP contribution >= 0.6 is 0 Å². The molecule has 4 heteroatoms. The summed E-state index contributed by atoms with van der Waals surface area (Å²) in [4.78, 5) is 11.7. The van der Waals surface area contributed by atoms with Gasteiger partial charge in [0.05, 0.1) is 12.6 Å². The van der Waals surface area contributed by atoms with Gasteiger partial charge in [-0.2, -0.15) is 0 Å². The van der Waals surface area contributed by atoms with Crippen molar-refractivity contribution < 1.29 is 13.9 Å². The summed E-state index contributed by atoms with van der Waals surface area (Å²) in [6.07, 6.45) is 0. The lowest BCUT2D eigenvalue weighted by Gasteiger charge is -2.11. The summed E-state index contributed by atoms with van der Waals surface area (Å²) in [5, 5.41) is 2.84. The van der Waals surface area contributed by atoms with Crippen molar-refractivity contribution in [2.24, 2.45) is 0 Å². The number of hydrogen-bond acceptors (Lipinski definition) is 3. The molecule has 20 heavy (non-hydrogen) atoms. The molecule has 0 aliphatic carbocycles. The first-order valence-electron chi connectivity index (χ1n) is 6.62. The van der Waals surface area contributed by atoms with Gasteiger partial charge in [0.2, 0.25) is 5.91 Å². The highest BCUT2D eigenvalue weighted by Gasteiger charge is 2.12. The van der Waals surface area contributed by atoms with Crippen LogP contribution in [0.4, 0.5) is 0 Å². The predicted octanol–water partition coefficient (Wildman–Crippen LogP) is 2.98. The second kappa shape index (κ2) is 6.91. The van der Waals surface area contributed by atoms with Crippen molar-refractivity contribution in [3.63, 3.8) is 0 Å². The predicted molar refractivity (Wildman–Crippen MR) is 76.1 cm³/mol. The van der Waals surface area contributed by atoms with E-state index in [1.807, 2.05) is 56.3 Å². The highest BCUT2D eigenvalue weighted by Crippen LogP contribution is 2.15. The molecule has 0 saturated heterocycles. The number of rotatable bonds is 6. The molecule has 0 spiro atoms. The molecule has 0 aliphatic heterocycles. The molecule has 0 fully saturated rings. The molecule has 1 amide bonds. The Kier molecular flexibility index (Phi) is 4.96. The molecule has 1 unspecified atom stereocenters. The Hall–Kier alpha value is -2.07. The van der Waals surface area contributed by atoms with Crippen LogP contribution in [0.5, 0.6) is 0 Å². The summed E-state index contributed by atoms with van der Waals surface area (Å²) in [6, 6.07) is 13.4.